The molecule has 1 aliphatic rings. The Hall–Kier alpha value is -0.850. The number of pyridine rings is 1. The smallest absolute Gasteiger partial charge is 0.244 e. The first-order valence-electron chi connectivity index (χ1n) is 5.86. The van der Waals surface area contributed by atoms with Crippen LogP contribution in [0.2, 0.25) is 5.02 Å². The molecule has 18 heavy (non-hydrogen) atoms. The van der Waals surface area contributed by atoms with Crippen LogP contribution >= 0.6 is 11.6 Å². The maximum atomic E-state index is 12.4. The van der Waals surface area contributed by atoms with E-state index in [1.54, 1.807) is 0 Å². The molecule has 5 nitrogen and oxygen atoms in total. The number of sulfonamides is 1. The van der Waals surface area contributed by atoms with Crippen LogP contribution in [0, 0.1) is 0 Å². The molecule has 0 amide bonds. The maximum absolute atomic E-state index is 12.4. The molecule has 1 aliphatic heterocycles. The van der Waals surface area contributed by atoms with Gasteiger partial charge < -0.3 is 5.73 Å². The second kappa shape index (κ2) is 5.03. The van der Waals surface area contributed by atoms with E-state index in [9.17, 15) is 8.42 Å². The molecule has 2 N–H and O–H groups in total. The number of nitrogens with two attached hydrogens (primary N) is 1. The van der Waals surface area contributed by atoms with Gasteiger partial charge in [0, 0.05) is 18.8 Å². The first kappa shape index (κ1) is 13.6. The molecule has 1 fully saturated rings. The molecule has 0 radical (unpaired) electrons. The van der Waals surface area contributed by atoms with Crippen molar-refractivity contribution in [1.29, 1.82) is 0 Å². The van der Waals surface area contributed by atoms with Crippen LogP contribution in [0.5, 0.6) is 0 Å². The lowest BCUT2D eigenvalue weighted by Crippen LogP contribution is -2.41. The third-order valence-electron chi connectivity index (χ3n) is 3.19. The van der Waals surface area contributed by atoms with Crippen molar-refractivity contribution in [3.63, 3.8) is 0 Å². The summed E-state index contributed by atoms with van der Waals surface area (Å²) in [7, 11) is -3.52. The Morgan fingerprint density at radius 3 is 2.83 bits per heavy atom. The highest BCUT2D eigenvalue weighted by Crippen LogP contribution is 2.27. The van der Waals surface area contributed by atoms with Crippen molar-refractivity contribution in [2.45, 2.75) is 37.1 Å². The van der Waals surface area contributed by atoms with Crippen molar-refractivity contribution in [3.8, 4) is 0 Å². The zero-order chi connectivity index (χ0) is 13.3. The Bertz CT molecular complexity index is 547. The highest BCUT2D eigenvalue weighted by molar-refractivity contribution is 7.89. The van der Waals surface area contributed by atoms with Gasteiger partial charge in [0.1, 0.15) is 10.7 Å². The molecule has 100 valence electrons. The highest BCUT2D eigenvalue weighted by Gasteiger charge is 2.31. The van der Waals surface area contributed by atoms with E-state index in [1.807, 2.05) is 6.92 Å². The SMILES string of the molecule is CC1CCCCN1S(=O)(=O)c1cnc(N)c(Cl)c1. The largest absolute Gasteiger partial charge is 0.382 e. The van der Waals surface area contributed by atoms with Crippen molar-refractivity contribution < 1.29 is 8.42 Å². The van der Waals surface area contributed by atoms with Crippen LogP contribution in [0.1, 0.15) is 26.2 Å². The lowest BCUT2D eigenvalue weighted by atomic mass is 10.1. The summed E-state index contributed by atoms with van der Waals surface area (Å²) in [5.41, 5.74) is 5.49. The number of halogens is 1. The third-order valence-corrected chi connectivity index (χ3v) is 5.47. The van der Waals surface area contributed by atoms with Crippen molar-refractivity contribution in [2.75, 3.05) is 12.3 Å². The van der Waals surface area contributed by atoms with E-state index in [-0.39, 0.29) is 21.8 Å². The van der Waals surface area contributed by atoms with Gasteiger partial charge in [0.05, 0.1) is 5.02 Å². The van der Waals surface area contributed by atoms with Crippen molar-refractivity contribution in [3.05, 3.63) is 17.3 Å². The van der Waals surface area contributed by atoms with Gasteiger partial charge in [-0.25, -0.2) is 13.4 Å². The second-order valence-electron chi connectivity index (χ2n) is 4.50. The number of nitrogens with zero attached hydrogens (tertiary/aromatic N) is 2. The van der Waals surface area contributed by atoms with Crippen LogP contribution in [-0.4, -0.2) is 30.3 Å². The fourth-order valence-corrected chi connectivity index (χ4v) is 4.04. The van der Waals surface area contributed by atoms with Gasteiger partial charge in [0.25, 0.3) is 0 Å². The van der Waals surface area contributed by atoms with Gasteiger partial charge in [-0.05, 0) is 25.8 Å². The summed E-state index contributed by atoms with van der Waals surface area (Å²) < 4.78 is 26.4. The third kappa shape index (κ3) is 2.46. The number of piperidine rings is 1. The molecular formula is C11H16ClN3O2S. The molecular weight excluding hydrogens is 274 g/mol. The molecule has 1 saturated heterocycles. The number of hydrogen-bond acceptors (Lipinski definition) is 4. The minimum atomic E-state index is -3.52. The Morgan fingerprint density at radius 1 is 1.50 bits per heavy atom. The van der Waals surface area contributed by atoms with Gasteiger partial charge in [0.2, 0.25) is 10.0 Å². The van der Waals surface area contributed by atoms with E-state index < -0.39 is 10.0 Å². The molecule has 2 rings (SSSR count). The molecule has 1 aromatic rings. The number of aromatic nitrogens is 1. The lowest BCUT2D eigenvalue weighted by molar-refractivity contribution is 0.268. The molecule has 0 saturated carbocycles. The van der Waals surface area contributed by atoms with Gasteiger partial charge in [-0.2, -0.15) is 4.31 Å². The number of anilines is 1. The van der Waals surface area contributed by atoms with Crippen LogP contribution < -0.4 is 5.73 Å². The van der Waals surface area contributed by atoms with E-state index in [0.717, 1.165) is 19.3 Å². The fraction of sp³-hybridized carbons (Fsp3) is 0.545. The topological polar surface area (TPSA) is 76.3 Å². The van der Waals surface area contributed by atoms with Crippen LogP contribution in [0.4, 0.5) is 5.82 Å². The Labute approximate surface area is 112 Å². The summed E-state index contributed by atoms with van der Waals surface area (Å²) >= 11 is 5.82. The van der Waals surface area contributed by atoms with E-state index in [1.165, 1.54) is 16.6 Å². The minimum absolute atomic E-state index is 0.0140. The number of nitrogen functional groups attached to an aromatic ring is 1. The van der Waals surface area contributed by atoms with Crippen LogP contribution in [-0.2, 0) is 10.0 Å². The lowest BCUT2D eigenvalue weighted by Gasteiger charge is -2.32. The molecule has 7 heteroatoms. The van der Waals surface area contributed by atoms with Crippen molar-refractivity contribution in [1.82, 2.24) is 9.29 Å². The van der Waals surface area contributed by atoms with Gasteiger partial charge in [-0.3, -0.25) is 0 Å². The highest BCUT2D eigenvalue weighted by atomic mass is 35.5. The average Bonchev–Trinajstić information content (AvgIpc) is 2.33. The second-order valence-corrected chi connectivity index (χ2v) is 6.80. The molecule has 2 heterocycles. The van der Waals surface area contributed by atoms with Crippen molar-refractivity contribution >= 4 is 27.4 Å². The van der Waals surface area contributed by atoms with Crippen LogP contribution in [0.15, 0.2) is 17.2 Å². The quantitative estimate of drug-likeness (QED) is 0.902. The Morgan fingerprint density at radius 2 is 2.22 bits per heavy atom. The van der Waals surface area contributed by atoms with E-state index in [4.69, 9.17) is 17.3 Å². The van der Waals surface area contributed by atoms with Crippen LogP contribution in [0.3, 0.4) is 0 Å². The Balaban J connectivity index is 2.37. The number of rotatable bonds is 2. The fourth-order valence-electron chi connectivity index (χ4n) is 2.14. The van der Waals surface area contributed by atoms with Gasteiger partial charge in [-0.1, -0.05) is 18.0 Å². The zero-order valence-electron chi connectivity index (χ0n) is 10.1. The predicted octanol–water partition coefficient (Wildman–Crippen LogP) is 1.88. The standard InChI is InChI=1S/C11H16ClN3O2S/c1-8-4-2-3-5-15(8)18(16,17)9-6-10(12)11(13)14-7-9/h6-8H,2-5H2,1H3,(H2,13,14). The monoisotopic (exact) mass is 289 g/mol. The average molecular weight is 290 g/mol. The Kier molecular flexibility index (Phi) is 3.79. The summed E-state index contributed by atoms with van der Waals surface area (Å²) in [5.74, 6) is 0.141. The first-order valence-corrected chi connectivity index (χ1v) is 7.67. The zero-order valence-corrected chi connectivity index (χ0v) is 11.7. The van der Waals surface area contributed by atoms with E-state index >= 15 is 0 Å². The molecule has 0 aromatic carbocycles. The van der Waals surface area contributed by atoms with Gasteiger partial charge in [0.15, 0.2) is 0 Å². The molecule has 0 bridgehead atoms. The van der Waals surface area contributed by atoms with Crippen LogP contribution in [0.25, 0.3) is 0 Å². The summed E-state index contributed by atoms with van der Waals surface area (Å²) in [6.45, 7) is 2.47. The summed E-state index contributed by atoms with van der Waals surface area (Å²) in [6, 6.07) is 1.38. The molecule has 0 spiro atoms. The predicted molar refractivity (Wildman–Crippen MR) is 70.9 cm³/mol. The van der Waals surface area contributed by atoms with Gasteiger partial charge in [-0.15, -0.1) is 0 Å². The molecule has 1 atom stereocenters. The maximum Gasteiger partial charge on any atom is 0.244 e. The first-order chi connectivity index (χ1) is 8.43. The summed E-state index contributed by atoms with van der Waals surface area (Å²) in [4.78, 5) is 3.91. The molecule has 1 aromatic heterocycles. The molecule has 0 aliphatic carbocycles. The van der Waals surface area contributed by atoms with E-state index in [2.05, 4.69) is 4.98 Å². The summed E-state index contributed by atoms with van der Waals surface area (Å²) in [5, 5.41) is 0.167. The summed E-state index contributed by atoms with van der Waals surface area (Å²) in [6.07, 6.45) is 4.10. The molecule has 1 unspecified atom stereocenters. The van der Waals surface area contributed by atoms with Gasteiger partial charge >= 0.3 is 0 Å². The van der Waals surface area contributed by atoms with E-state index in [0.29, 0.717) is 6.54 Å². The minimum Gasteiger partial charge on any atom is -0.382 e. The number of hydrogen-bond donors (Lipinski definition) is 1. The normalized spacial score (nSPS) is 22.0. The van der Waals surface area contributed by atoms with Crippen molar-refractivity contribution in [2.24, 2.45) is 0 Å².